The Morgan fingerprint density at radius 1 is 1.30 bits per heavy atom. The van der Waals surface area contributed by atoms with E-state index < -0.39 is 0 Å². The van der Waals surface area contributed by atoms with Crippen molar-refractivity contribution in [2.24, 2.45) is 5.92 Å². The van der Waals surface area contributed by atoms with Crippen LogP contribution in [-0.4, -0.2) is 32.7 Å². The number of carbonyl (C=O) groups is 1. The Hall–Kier alpha value is -2.50. The number of ether oxygens (including phenoxy) is 1. The first-order valence-electron chi connectivity index (χ1n) is 7.81. The Kier molecular flexibility index (Phi) is 3.07. The van der Waals surface area contributed by atoms with Gasteiger partial charge in [0.2, 0.25) is 0 Å². The zero-order chi connectivity index (χ0) is 16.1. The van der Waals surface area contributed by atoms with Gasteiger partial charge in [0.25, 0.3) is 0 Å². The summed E-state index contributed by atoms with van der Waals surface area (Å²) in [4.78, 5) is 16.5. The lowest BCUT2D eigenvalue weighted by Crippen LogP contribution is -2.06. The van der Waals surface area contributed by atoms with E-state index in [1.807, 2.05) is 19.9 Å². The topological polar surface area (TPSA) is 69.4 Å². The van der Waals surface area contributed by atoms with Crippen LogP contribution in [0, 0.1) is 19.8 Å². The molecule has 1 saturated carbocycles. The molecule has 0 radical (unpaired) electrons. The van der Waals surface area contributed by atoms with Gasteiger partial charge in [-0.1, -0.05) is 0 Å². The van der Waals surface area contributed by atoms with Crippen LogP contribution in [0.1, 0.15) is 40.3 Å². The van der Waals surface area contributed by atoms with E-state index in [4.69, 9.17) is 4.74 Å². The largest absolute Gasteiger partial charge is 0.465 e. The highest BCUT2D eigenvalue weighted by Gasteiger charge is 2.25. The van der Waals surface area contributed by atoms with Crippen molar-refractivity contribution in [1.82, 2.24) is 19.6 Å². The fourth-order valence-electron chi connectivity index (χ4n) is 3.03. The van der Waals surface area contributed by atoms with E-state index in [2.05, 4.69) is 19.6 Å². The Bertz CT molecular complexity index is 941. The van der Waals surface area contributed by atoms with E-state index in [0.717, 1.165) is 46.1 Å². The van der Waals surface area contributed by atoms with Crippen LogP contribution in [0.3, 0.4) is 0 Å². The highest BCUT2D eigenvalue weighted by atomic mass is 16.5. The first kappa shape index (κ1) is 14.1. The summed E-state index contributed by atoms with van der Waals surface area (Å²) in [7, 11) is 1.39. The summed E-state index contributed by atoms with van der Waals surface area (Å²) in [5, 5.41) is 8.68. The number of rotatable bonds is 3. The Morgan fingerprint density at radius 3 is 2.78 bits per heavy atom. The van der Waals surface area contributed by atoms with E-state index in [1.165, 1.54) is 20.0 Å². The number of fused-ring (bicyclic) bond motifs is 3. The van der Waals surface area contributed by atoms with Crippen LogP contribution in [0.5, 0.6) is 0 Å². The van der Waals surface area contributed by atoms with Crippen LogP contribution >= 0.6 is 0 Å². The molecule has 1 aromatic carbocycles. The molecule has 6 nitrogen and oxygen atoms in total. The van der Waals surface area contributed by atoms with Crippen LogP contribution in [0.2, 0.25) is 0 Å². The number of nitrogens with zero attached hydrogens (tertiary/aromatic N) is 4. The van der Waals surface area contributed by atoms with Crippen molar-refractivity contribution in [3.63, 3.8) is 0 Å². The SMILES string of the molecule is COC(=O)c1cc2nc(C)c3nnc(CC4CC4)n3c2cc1C. The minimum absolute atomic E-state index is 0.342. The molecule has 23 heavy (non-hydrogen) atoms. The number of esters is 1. The summed E-state index contributed by atoms with van der Waals surface area (Å²) in [5.74, 6) is 1.36. The summed E-state index contributed by atoms with van der Waals surface area (Å²) < 4.78 is 6.94. The summed E-state index contributed by atoms with van der Waals surface area (Å²) >= 11 is 0. The summed E-state index contributed by atoms with van der Waals surface area (Å²) in [6.45, 7) is 3.82. The number of benzene rings is 1. The van der Waals surface area contributed by atoms with Gasteiger partial charge in [-0.05, 0) is 50.3 Å². The molecule has 0 bridgehead atoms. The molecule has 0 spiro atoms. The first-order valence-corrected chi connectivity index (χ1v) is 7.81. The number of carbonyl (C=O) groups excluding carboxylic acids is 1. The minimum Gasteiger partial charge on any atom is -0.465 e. The van der Waals surface area contributed by atoms with Crippen LogP contribution in [-0.2, 0) is 11.2 Å². The molecular weight excluding hydrogens is 292 g/mol. The van der Waals surface area contributed by atoms with Crippen LogP contribution < -0.4 is 0 Å². The number of hydrogen-bond acceptors (Lipinski definition) is 5. The van der Waals surface area contributed by atoms with Crippen molar-refractivity contribution < 1.29 is 9.53 Å². The standard InChI is InChI=1S/C17H18N4O2/c1-9-6-14-13(8-12(9)17(22)23-3)18-10(2)16-20-19-15(21(14)16)7-11-4-5-11/h6,8,11H,4-5,7H2,1-3H3. The zero-order valence-corrected chi connectivity index (χ0v) is 13.5. The van der Waals surface area contributed by atoms with E-state index in [9.17, 15) is 4.79 Å². The maximum absolute atomic E-state index is 11.9. The second kappa shape index (κ2) is 5.01. The Balaban J connectivity index is 2.01. The molecule has 6 heteroatoms. The molecule has 0 atom stereocenters. The molecular formula is C17H18N4O2. The zero-order valence-electron chi connectivity index (χ0n) is 13.5. The summed E-state index contributed by atoms with van der Waals surface area (Å²) in [6, 6.07) is 3.77. The van der Waals surface area contributed by atoms with Gasteiger partial charge in [-0.3, -0.25) is 4.40 Å². The predicted octanol–water partition coefficient (Wildman–Crippen LogP) is 2.63. The van der Waals surface area contributed by atoms with Gasteiger partial charge in [0.1, 0.15) is 5.82 Å². The molecule has 0 saturated heterocycles. The third-order valence-electron chi connectivity index (χ3n) is 4.48. The number of hydrogen-bond donors (Lipinski definition) is 0. The maximum atomic E-state index is 11.9. The lowest BCUT2D eigenvalue weighted by atomic mass is 10.1. The van der Waals surface area contributed by atoms with E-state index in [-0.39, 0.29) is 5.97 Å². The van der Waals surface area contributed by atoms with Gasteiger partial charge in [0.15, 0.2) is 5.65 Å². The highest BCUT2D eigenvalue weighted by molar-refractivity contribution is 5.95. The van der Waals surface area contributed by atoms with Gasteiger partial charge in [0.05, 0.1) is 29.4 Å². The fraction of sp³-hybridized carbons (Fsp3) is 0.412. The molecule has 1 fully saturated rings. The molecule has 0 unspecified atom stereocenters. The summed E-state index contributed by atoms with van der Waals surface area (Å²) in [6.07, 6.45) is 3.47. The minimum atomic E-state index is -0.342. The second-order valence-electron chi connectivity index (χ2n) is 6.27. The van der Waals surface area contributed by atoms with Crippen molar-refractivity contribution in [2.75, 3.05) is 7.11 Å². The summed E-state index contributed by atoms with van der Waals surface area (Å²) in [5.41, 5.74) is 4.71. The van der Waals surface area contributed by atoms with Gasteiger partial charge >= 0.3 is 5.97 Å². The van der Waals surface area contributed by atoms with E-state index in [0.29, 0.717) is 5.56 Å². The average molecular weight is 310 g/mol. The number of aryl methyl sites for hydroxylation is 2. The second-order valence-corrected chi connectivity index (χ2v) is 6.27. The Morgan fingerprint density at radius 2 is 2.09 bits per heavy atom. The van der Waals surface area contributed by atoms with Crippen molar-refractivity contribution in [2.45, 2.75) is 33.1 Å². The fourth-order valence-corrected chi connectivity index (χ4v) is 3.03. The third kappa shape index (κ3) is 2.25. The van der Waals surface area contributed by atoms with Crippen molar-refractivity contribution in [1.29, 1.82) is 0 Å². The molecule has 1 aliphatic carbocycles. The van der Waals surface area contributed by atoms with Crippen LogP contribution in [0.15, 0.2) is 12.1 Å². The highest BCUT2D eigenvalue weighted by Crippen LogP contribution is 2.33. The molecule has 118 valence electrons. The Labute approximate surface area is 133 Å². The molecule has 0 aliphatic heterocycles. The van der Waals surface area contributed by atoms with E-state index in [1.54, 1.807) is 6.07 Å². The lowest BCUT2D eigenvalue weighted by Gasteiger charge is -2.10. The van der Waals surface area contributed by atoms with Gasteiger partial charge in [-0.15, -0.1) is 10.2 Å². The molecule has 4 rings (SSSR count). The average Bonchev–Trinajstić information content (AvgIpc) is 3.24. The van der Waals surface area contributed by atoms with Crippen molar-refractivity contribution in [3.05, 3.63) is 34.8 Å². The number of methoxy groups -OCH3 is 1. The van der Waals surface area contributed by atoms with Gasteiger partial charge in [-0.25, -0.2) is 9.78 Å². The van der Waals surface area contributed by atoms with Crippen LogP contribution in [0.4, 0.5) is 0 Å². The van der Waals surface area contributed by atoms with E-state index >= 15 is 0 Å². The monoisotopic (exact) mass is 310 g/mol. The first-order chi connectivity index (χ1) is 11.1. The van der Waals surface area contributed by atoms with Gasteiger partial charge in [-0.2, -0.15) is 0 Å². The number of aromatic nitrogens is 4. The van der Waals surface area contributed by atoms with Crippen molar-refractivity contribution in [3.8, 4) is 0 Å². The molecule has 1 aliphatic rings. The molecule has 3 aromatic rings. The lowest BCUT2D eigenvalue weighted by molar-refractivity contribution is 0.0600. The molecule has 2 aromatic heterocycles. The van der Waals surface area contributed by atoms with Crippen molar-refractivity contribution >= 4 is 22.6 Å². The normalized spacial score (nSPS) is 14.6. The van der Waals surface area contributed by atoms with Crippen LogP contribution in [0.25, 0.3) is 16.7 Å². The molecule has 0 N–H and O–H groups in total. The molecule has 2 heterocycles. The third-order valence-corrected chi connectivity index (χ3v) is 4.48. The predicted molar refractivity (Wildman–Crippen MR) is 85.5 cm³/mol. The van der Waals surface area contributed by atoms with Gasteiger partial charge < -0.3 is 4.74 Å². The maximum Gasteiger partial charge on any atom is 0.338 e. The smallest absolute Gasteiger partial charge is 0.338 e. The quantitative estimate of drug-likeness (QED) is 0.696. The molecule has 0 amide bonds. The van der Waals surface area contributed by atoms with Gasteiger partial charge in [0, 0.05) is 6.42 Å².